The lowest BCUT2D eigenvalue weighted by atomic mass is 9.97. The Kier molecular flexibility index (Phi) is 5.34. The molecule has 34 heavy (non-hydrogen) atoms. The Labute approximate surface area is 194 Å². The number of ether oxygens (including phenoxy) is 1. The van der Waals surface area contributed by atoms with E-state index in [1.165, 1.54) is 18.2 Å². The summed E-state index contributed by atoms with van der Waals surface area (Å²) in [6, 6.07) is 7.26. The van der Waals surface area contributed by atoms with Crippen molar-refractivity contribution in [2.45, 2.75) is 57.1 Å². The number of nitrogens with one attached hydrogen (secondary N) is 1. The summed E-state index contributed by atoms with van der Waals surface area (Å²) in [5.74, 6) is 0.0844. The van der Waals surface area contributed by atoms with Crippen molar-refractivity contribution >= 4 is 11.9 Å². The number of aromatic nitrogens is 1. The van der Waals surface area contributed by atoms with E-state index in [0.29, 0.717) is 28.0 Å². The molecule has 1 unspecified atom stereocenters. The smallest absolute Gasteiger partial charge is 0.406 e. The van der Waals surface area contributed by atoms with Crippen LogP contribution in [-0.2, 0) is 11.3 Å². The normalized spacial score (nSPS) is 26.4. The third-order valence-electron chi connectivity index (χ3n) is 7.16. The van der Waals surface area contributed by atoms with Gasteiger partial charge in [0.15, 0.2) is 11.3 Å². The van der Waals surface area contributed by atoms with Crippen LogP contribution in [0.15, 0.2) is 34.9 Å². The van der Waals surface area contributed by atoms with Crippen LogP contribution in [0.4, 0.5) is 18.0 Å². The Morgan fingerprint density at radius 3 is 2.82 bits per heavy atom. The first-order chi connectivity index (χ1) is 16.1. The van der Waals surface area contributed by atoms with Gasteiger partial charge in [-0.05, 0) is 18.6 Å². The maximum absolute atomic E-state index is 13.4. The molecule has 182 valence electrons. The zero-order valence-electron chi connectivity index (χ0n) is 18.7. The zero-order chi connectivity index (χ0) is 24.1. The Hall–Kier alpha value is -3.08. The van der Waals surface area contributed by atoms with Crippen molar-refractivity contribution in [2.75, 3.05) is 19.6 Å². The summed E-state index contributed by atoms with van der Waals surface area (Å²) >= 11 is 0. The molecule has 11 heteroatoms. The molecule has 3 aliphatic rings. The number of likely N-dealkylation sites (tertiary alicyclic amines) is 1. The molecule has 5 rings (SSSR count). The summed E-state index contributed by atoms with van der Waals surface area (Å²) < 4.78 is 47.1. The van der Waals surface area contributed by atoms with E-state index in [1.54, 1.807) is 19.1 Å². The zero-order valence-corrected chi connectivity index (χ0v) is 18.7. The number of quaternary nitrogens is 1. The predicted octanol–water partition coefficient (Wildman–Crippen LogP) is 3.82. The van der Waals surface area contributed by atoms with E-state index in [2.05, 4.69) is 15.2 Å². The second kappa shape index (κ2) is 8.00. The van der Waals surface area contributed by atoms with Gasteiger partial charge in [-0.1, -0.05) is 17.3 Å². The average molecular weight is 479 g/mol. The Morgan fingerprint density at radius 1 is 1.32 bits per heavy atom. The molecular weight excluding hydrogens is 453 g/mol. The molecule has 1 aromatic carbocycles. The average Bonchev–Trinajstić information content (AvgIpc) is 3.67. The Balaban J connectivity index is 1.25. The van der Waals surface area contributed by atoms with Crippen molar-refractivity contribution < 1.29 is 36.5 Å². The van der Waals surface area contributed by atoms with Crippen LogP contribution in [-0.4, -0.2) is 64.1 Å². The number of hydrogen-bond donors (Lipinski definition) is 1. The number of carbonyl (C=O) groups is 2. The summed E-state index contributed by atoms with van der Waals surface area (Å²) in [5, 5.41) is 6.90. The lowest BCUT2D eigenvalue weighted by Gasteiger charge is -2.33. The highest BCUT2D eigenvalue weighted by Gasteiger charge is 2.79. The van der Waals surface area contributed by atoms with E-state index in [-0.39, 0.29) is 35.8 Å². The van der Waals surface area contributed by atoms with Crippen LogP contribution >= 0.6 is 0 Å². The molecule has 2 atom stereocenters. The van der Waals surface area contributed by atoms with E-state index in [0.717, 1.165) is 38.8 Å². The number of urea groups is 1. The van der Waals surface area contributed by atoms with E-state index in [1.807, 2.05) is 4.90 Å². The van der Waals surface area contributed by atoms with Gasteiger partial charge < -0.3 is 14.2 Å². The largest absolute Gasteiger partial charge is 0.573 e. The molecule has 1 saturated carbocycles. The molecule has 3 heterocycles. The van der Waals surface area contributed by atoms with Crippen LogP contribution in [0, 0.1) is 0 Å². The first-order valence-corrected chi connectivity index (χ1v) is 11.4. The van der Waals surface area contributed by atoms with Gasteiger partial charge in [0.05, 0.1) is 19.1 Å². The van der Waals surface area contributed by atoms with Crippen LogP contribution in [0.1, 0.15) is 38.4 Å². The number of halogens is 3. The maximum Gasteiger partial charge on any atom is 0.573 e. The molecule has 1 aliphatic carbocycles. The van der Waals surface area contributed by atoms with Crippen LogP contribution in [0.5, 0.6) is 5.75 Å². The van der Waals surface area contributed by atoms with Crippen LogP contribution in [0.25, 0.3) is 11.3 Å². The van der Waals surface area contributed by atoms with E-state index in [9.17, 15) is 22.8 Å². The quantitative estimate of drug-likeness (QED) is 0.521. The summed E-state index contributed by atoms with van der Waals surface area (Å²) in [5.41, 5.74) is 0.539. The third kappa shape index (κ3) is 4.13. The second-order valence-corrected chi connectivity index (χ2v) is 9.44. The number of piperidine rings is 1. The van der Waals surface area contributed by atoms with Crippen molar-refractivity contribution in [1.82, 2.24) is 15.4 Å². The SMILES string of the molecule is CC(=O)N1CCC[C@@]2(C1)C[N+]2(C(=O)NCc1cc(-c2cccc(OC(F)(F)F)c2)no1)C1CC1. The van der Waals surface area contributed by atoms with Gasteiger partial charge >= 0.3 is 12.4 Å². The highest BCUT2D eigenvalue weighted by Crippen LogP contribution is 2.56. The van der Waals surface area contributed by atoms with Crippen molar-refractivity contribution in [3.05, 3.63) is 36.1 Å². The molecule has 1 spiro atoms. The highest BCUT2D eigenvalue weighted by molar-refractivity contribution is 5.74. The van der Waals surface area contributed by atoms with E-state index >= 15 is 0 Å². The number of nitrogens with zero attached hydrogens (tertiary/aromatic N) is 3. The molecule has 1 aromatic heterocycles. The van der Waals surface area contributed by atoms with Crippen molar-refractivity contribution in [2.24, 2.45) is 0 Å². The van der Waals surface area contributed by atoms with Gasteiger partial charge in [-0.15, -0.1) is 13.2 Å². The van der Waals surface area contributed by atoms with Gasteiger partial charge in [0.2, 0.25) is 5.91 Å². The van der Waals surface area contributed by atoms with Crippen LogP contribution in [0.2, 0.25) is 0 Å². The predicted molar refractivity (Wildman–Crippen MR) is 113 cm³/mol. The van der Waals surface area contributed by atoms with Gasteiger partial charge in [0.25, 0.3) is 0 Å². The molecule has 1 N–H and O–H groups in total. The van der Waals surface area contributed by atoms with Gasteiger partial charge in [0, 0.05) is 44.4 Å². The summed E-state index contributed by atoms with van der Waals surface area (Å²) in [7, 11) is 0. The lowest BCUT2D eigenvalue weighted by molar-refractivity contribution is -0.759. The van der Waals surface area contributed by atoms with Gasteiger partial charge in [-0.25, -0.2) is 9.28 Å². The third-order valence-corrected chi connectivity index (χ3v) is 7.16. The molecule has 2 aromatic rings. The molecule has 2 aliphatic heterocycles. The monoisotopic (exact) mass is 479 g/mol. The fourth-order valence-corrected chi connectivity index (χ4v) is 5.44. The molecule has 0 radical (unpaired) electrons. The molecule has 3 fully saturated rings. The summed E-state index contributed by atoms with van der Waals surface area (Å²) in [6.07, 6.45) is -0.977. The van der Waals surface area contributed by atoms with Gasteiger partial charge in [-0.2, -0.15) is 0 Å². The van der Waals surface area contributed by atoms with Gasteiger partial charge in [-0.3, -0.25) is 10.1 Å². The molecule has 3 amide bonds. The number of hydrogen-bond acceptors (Lipinski definition) is 5. The maximum atomic E-state index is 13.4. The first-order valence-electron chi connectivity index (χ1n) is 11.4. The number of amides is 3. The standard InChI is InChI=1S/C23H25F3N4O4/c1-15(31)29-9-3-8-22(13-29)14-30(22,17-6-7-17)21(32)27-12-19-11-20(28-34-19)16-4-2-5-18(10-16)33-23(24,25)26/h2,4-5,10-11,17H,3,6-9,12-14H2,1H3/p+1/t22-,30?/m1/s1. The molecule has 8 nitrogen and oxygen atoms in total. The topological polar surface area (TPSA) is 84.7 Å². The minimum absolute atomic E-state index is 0.0409. The highest BCUT2D eigenvalue weighted by atomic mass is 19.4. The molecule has 2 saturated heterocycles. The minimum Gasteiger partial charge on any atom is -0.406 e. The first kappa shape index (κ1) is 22.7. The molecule has 0 bridgehead atoms. The molecular formula is C23H26F3N4O4+. The fraction of sp³-hybridized carbons (Fsp3) is 0.522. The van der Waals surface area contributed by atoms with Crippen molar-refractivity contribution in [3.63, 3.8) is 0 Å². The number of rotatable bonds is 5. The fourth-order valence-electron chi connectivity index (χ4n) is 5.44. The number of alkyl halides is 3. The Morgan fingerprint density at radius 2 is 2.12 bits per heavy atom. The van der Waals surface area contributed by atoms with Crippen LogP contribution in [0.3, 0.4) is 0 Å². The van der Waals surface area contributed by atoms with E-state index < -0.39 is 6.36 Å². The minimum atomic E-state index is -4.78. The summed E-state index contributed by atoms with van der Waals surface area (Å²) in [4.78, 5) is 27.1. The number of benzene rings is 1. The summed E-state index contributed by atoms with van der Waals surface area (Å²) in [6.45, 7) is 3.76. The Bertz CT molecular complexity index is 1120. The van der Waals surface area contributed by atoms with E-state index in [4.69, 9.17) is 4.52 Å². The van der Waals surface area contributed by atoms with Crippen molar-refractivity contribution in [1.29, 1.82) is 0 Å². The van der Waals surface area contributed by atoms with Crippen LogP contribution < -0.4 is 10.1 Å². The number of carbonyl (C=O) groups excluding carboxylic acids is 2. The lowest BCUT2D eigenvalue weighted by Crippen LogP contribution is -2.55. The van der Waals surface area contributed by atoms with Crippen molar-refractivity contribution in [3.8, 4) is 17.0 Å². The second-order valence-electron chi connectivity index (χ2n) is 9.44. The van der Waals surface area contributed by atoms with Gasteiger partial charge in [0.1, 0.15) is 18.0 Å².